The minimum absolute atomic E-state index is 0.0637. The van der Waals surface area contributed by atoms with Gasteiger partial charge in [0.1, 0.15) is 0 Å². The Morgan fingerprint density at radius 1 is 0.857 bits per heavy atom. The number of nitrogens with two attached hydrogens (primary N) is 1. The second kappa shape index (κ2) is 7.28. The first-order chi connectivity index (χ1) is 13.5. The lowest BCUT2D eigenvalue weighted by molar-refractivity contribution is -0.160. The maximum atomic E-state index is 13.5. The molecule has 4 bridgehead atoms. The summed E-state index contributed by atoms with van der Waals surface area (Å²) in [6.45, 7) is 4.03. The minimum atomic E-state index is -0.422. The number of carbonyl (C=O) groups is 2. The molecule has 6 heteroatoms. The van der Waals surface area contributed by atoms with Gasteiger partial charge in [-0.1, -0.05) is 0 Å². The predicted molar refractivity (Wildman–Crippen MR) is 105 cm³/mol. The Bertz CT molecular complexity index is 587. The molecule has 2 aliphatic heterocycles. The molecule has 0 aromatic carbocycles. The van der Waals surface area contributed by atoms with E-state index in [0.29, 0.717) is 45.3 Å². The molecule has 6 rings (SSSR count). The van der Waals surface area contributed by atoms with Gasteiger partial charge in [0, 0.05) is 39.4 Å². The van der Waals surface area contributed by atoms with E-state index in [1.54, 1.807) is 0 Å². The fourth-order valence-electron chi connectivity index (χ4n) is 7.33. The summed E-state index contributed by atoms with van der Waals surface area (Å²) in [6.07, 6.45) is 9.17. The van der Waals surface area contributed by atoms with Crippen molar-refractivity contribution in [3.63, 3.8) is 0 Å². The molecule has 2 saturated heterocycles. The summed E-state index contributed by atoms with van der Waals surface area (Å²) in [5.41, 5.74) is 6.22. The molecular weight excluding hydrogens is 354 g/mol. The molecule has 156 valence electrons. The molecule has 2 amide bonds. The zero-order valence-electron chi connectivity index (χ0n) is 17.0. The van der Waals surface area contributed by atoms with E-state index in [-0.39, 0.29) is 17.2 Å². The molecule has 6 aliphatic rings. The Kier molecular flexibility index (Phi) is 4.90. The average Bonchev–Trinajstić information content (AvgIpc) is 2.72. The van der Waals surface area contributed by atoms with Crippen LogP contribution in [0.5, 0.6) is 0 Å². The normalized spacial score (nSPS) is 39.2. The molecule has 0 spiro atoms. The number of amides is 2. The number of hydrogen-bond acceptors (Lipinski definition) is 4. The van der Waals surface area contributed by atoms with E-state index >= 15 is 0 Å². The molecule has 6 fully saturated rings. The zero-order valence-corrected chi connectivity index (χ0v) is 17.0. The number of ether oxygens (including phenoxy) is 1. The predicted octanol–water partition coefficient (Wildman–Crippen LogP) is 1.63. The van der Waals surface area contributed by atoms with E-state index in [1.165, 1.54) is 19.3 Å². The average molecular weight is 390 g/mol. The highest BCUT2D eigenvalue weighted by Crippen LogP contribution is 2.60. The first-order valence-corrected chi connectivity index (χ1v) is 11.5. The first-order valence-electron chi connectivity index (χ1n) is 11.5. The van der Waals surface area contributed by atoms with E-state index in [4.69, 9.17) is 10.5 Å². The number of nitrogens with zero attached hydrogens (tertiary/aromatic N) is 2. The lowest BCUT2D eigenvalue weighted by Crippen LogP contribution is -2.60. The molecular formula is C22H35N3O3. The van der Waals surface area contributed by atoms with Crippen molar-refractivity contribution in [1.82, 2.24) is 9.80 Å². The zero-order chi connectivity index (χ0) is 19.3. The Balaban J connectivity index is 1.18. The molecule has 4 saturated carbocycles. The first kappa shape index (κ1) is 18.9. The van der Waals surface area contributed by atoms with Gasteiger partial charge in [-0.2, -0.15) is 0 Å². The van der Waals surface area contributed by atoms with Gasteiger partial charge in [0.15, 0.2) is 0 Å². The summed E-state index contributed by atoms with van der Waals surface area (Å²) in [7, 11) is 0. The summed E-state index contributed by atoms with van der Waals surface area (Å²) in [5, 5.41) is 0. The minimum Gasteiger partial charge on any atom is -0.381 e. The SMILES string of the molecule is NC(C(=O)N1CCN(C(=O)C23CC4CC(CC(C4)C2)C3)CC1)C1CCOCC1. The molecule has 4 aliphatic carbocycles. The van der Waals surface area contributed by atoms with Gasteiger partial charge in [-0.15, -0.1) is 0 Å². The molecule has 0 aromatic rings. The highest BCUT2D eigenvalue weighted by molar-refractivity contribution is 5.85. The molecule has 0 aromatic heterocycles. The van der Waals surface area contributed by atoms with Crippen LogP contribution in [0.25, 0.3) is 0 Å². The third-order valence-electron chi connectivity index (χ3n) is 8.43. The van der Waals surface area contributed by atoms with Crippen LogP contribution in [0.1, 0.15) is 51.4 Å². The van der Waals surface area contributed by atoms with Crippen molar-refractivity contribution >= 4 is 11.8 Å². The summed E-state index contributed by atoms with van der Waals surface area (Å²) in [5.74, 6) is 3.05. The monoisotopic (exact) mass is 389 g/mol. The quantitative estimate of drug-likeness (QED) is 0.796. The van der Waals surface area contributed by atoms with Gasteiger partial charge in [-0.3, -0.25) is 9.59 Å². The summed E-state index contributed by atoms with van der Waals surface area (Å²) < 4.78 is 5.39. The highest BCUT2D eigenvalue weighted by atomic mass is 16.5. The van der Waals surface area contributed by atoms with Gasteiger partial charge in [-0.25, -0.2) is 0 Å². The summed E-state index contributed by atoms with van der Waals surface area (Å²) in [4.78, 5) is 30.3. The van der Waals surface area contributed by atoms with Crippen molar-refractivity contribution in [3.8, 4) is 0 Å². The van der Waals surface area contributed by atoms with E-state index in [0.717, 1.165) is 49.9 Å². The number of carbonyl (C=O) groups excluding carboxylic acids is 2. The van der Waals surface area contributed by atoms with Gasteiger partial charge >= 0.3 is 0 Å². The van der Waals surface area contributed by atoms with Crippen molar-refractivity contribution in [1.29, 1.82) is 0 Å². The Morgan fingerprint density at radius 2 is 1.36 bits per heavy atom. The van der Waals surface area contributed by atoms with Crippen LogP contribution >= 0.6 is 0 Å². The third-order valence-corrected chi connectivity index (χ3v) is 8.43. The third kappa shape index (κ3) is 3.26. The fraction of sp³-hybridized carbons (Fsp3) is 0.909. The van der Waals surface area contributed by atoms with Crippen molar-refractivity contribution in [2.75, 3.05) is 39.4 Å². The standard InChI is InChI=1S/C22H35N3O3/c23-19(18-1-7-28-8-2-18)20(26)24-3-5-25(6-4-24)21(27)22-12-15-9-16(13-22)11-17(10-15)14-22/h15-19H,1-14,23H2. The Morgan fingerprint density at radius 3 is 1.89 bits per heavy atom. The number of hydrogen-bond donors (Lipinski definition) is 1. The molecule has 2 heterocycles. The Labute approximate surface area is 168 Å². The summed E-state index contributed by atoms with van der Waals surface area (Å²) in [6, 6.07) is -0.422. The lowest BCUT2D eigenvalue weighted by Gasteiger charge is -2.57. The van der Waals surface area contributed by atoms with Crippen LogP contribution in [0.3, 0.4) is 0 Å². The largest absolute Gasteiger partial charge is 0.381 e. The van der Waals surface area contributed by atoms with E-state index in [9.17, 15) is 9.59 Å². The topological polar surface area (TPSA) is 75.9 Å². The fourth-order valence-corrected chi connectivity index (χ4v) is 7.33. The van der Waals surface area contributed by atoms with Crippen LogP contribution in [0.4, 0.5) is 0 Å². The smallest absolute Gasteiger partial charge is 0.239 e. The van der Waals surface area contributed by atoms with E-state index in [2.05, 4.69) is 4.90 Å². The van der Waals surface area contributed by atoms with Crippen LogP contribution in [0.15, 0.2) is 0 Å². The summed E-state index contributed by atoms with van der Waals surface area (Å²) >= 11 is 0. The van der Waals surface area contributed by atoms with Gasteiger partial charge in [0.25, 0.3) is 0 Å². The van der Waals surface area contributed by atoms with Crippen LogP contribution in [-0.2, 0) is 14.3 Å². The molecule has 2 N–H and O–H groups in total. The molecule has 1 atom stereocenters. The van der Waals surface area contributed by atoms with Gasteiger partial charge in [0.2, 0.25) is 11.8 Å². The van der Waals surface area contributed by atoms with Crippen molar-refractivity contribution < 1.29 is 14.3 Å². The number of piperazine rings is 1. The maximum absolute atomic E-state index is 13.5. The van der Waals surface area contributed by atoms with Gasteiger partial charge < -0.3 is 20.3 Å². The molecule has 28 heavy (non-hydrogen) atoms. The van der Waals surface area contributed by atoms with Crippen LogP contribution in [0, 0.1) is 29.1 Å². The van der Waals surface area contributed by atoms with E-state index in [1.807, 2.05) is 4.90 Å². The van der Waals surface area contributed by atoms with Crippen LogP contribution in [0.2, 0.25) is 0 Å². The number of rotatable bonds is 3. The molecule has 1 unspecified atom stereocenters. The maximum Gasteiger partial charge on any atom is 0.239 e. The van der Waals surface area contributed by atoms with Crippen LogP contribution < -0.4 is 5.73 Å². The van der Waals surface area contributed by atoms with Crippen molar-refractivity contribution in [3.05, 3.63) is 0 Å². The van der Waals surface area contributed by atoms with Crippen LogP contribution in [-0.4, -0.2) is 67.0 Å². The van der Waals surface area contributed by atoms with E-state index < -0.39 is 6.04 Å². The van der Waals surface area contributed by atoms with Crippen molar-refractivity contribution in [2.24, 2.45) is 34.8 Å². The lowest BCUT2D eigenvalue weighted by atomic mass is 9.49. The second-order valence-electron chi connectivity index (χ2n) is 10.3. The molecule has 6 nitrogen and oxygen atoms in total. The highest BCUT2D eigenvalue weighted by Gasteiger charge is 2.55. The van der Waals surface area contributed by atoms with Gasteiger partial charge in [-0.05, 0) is 75.0 Å². The molecule has 0 radical (unpaired) electrons. The Hall–Kier alpha value is -1.14. The second-order valence-corrected chi connectivity index (χ2v) is 10.3. The van der Waals surface area contributed by atoms with Gasteiger partial charge in [0.05, 0.1) is 11.5 Å². The van der Waals surface area contributed by atoms with Crippen molar-refractivity contribution in [2.45, 2.75) is 57.4 Å².